The monoisotopic (exact) mass is 380 g/mol. The molecule has 2 aromatic carbocycles. The molecule has 0 spiro atoms. The van der Waals surface area contributed by atoms with Crippen LogP contribution in [0.5, 0.6) is 5.75 Å². The van der Waals surface area contributed by atoms with Gasteiger partial charge >= 0.3 is 12.1 Å². The van der Waals surface area contributed by atoms with Crippen LogP contribution in [0.1, 0.15) is 63.7 Å². The maximum absolute atomic E-state index is 13.3. The molecule has 2 rings (SSSR count). The lowest BCUT2D eigenvalue weighted by molar-refractivity contribution is -0.137. The molecule has 27 heavy (non-hydrogen) atoms. The molecular formula is C20H19F3O4. The van der Waals surface area contributed by atoms with Gasteiger partial charge in [0.2, 0.25) is 0 Å². The van der Waals surface area contributed by atoms with Gasteiger partial charge in [-0.3, -0.25) is 4.79 Å². The van der Waals surface area contributed by atoms with Crippen molar-refractivity contribution in [1.82, 2.24) is 0 Å². The van der Waals surface area contributed by atoms with Gasteiger partial charge in [0.15, 0.2) is 5.78 Å². The zero-order chi connectivity index (χ0) is 20.7. The molecule has 7 heteroatoms. The summed E-state index contributed by atoms with van der Waals surface area (Å²) in [6.45, 7) is 6.38. The zero-order valence-electron chi connectivity index (χ0n) is 15.2. The molecule has 0 radical (unpaired) electrons. The summed E-state index contributed by atoms with van der Waals surface area (Å²) in [6.07, 6.45) is -4.74. The number of aromatic hydroxyl groups is 1. The third-order valence-electron chi connectivity index (χ3n) is 4.30. The van der Waals surface area contributed by atoms with E-state index >= 15 is 0 Å². The Labute approximate surface area is 154 Å². The predicted molar refractivity (Wildman–Crippen MR) is 93.4 cm³/mol. The van der Waals surface area contributed by atoms with Crippen molar-refractivity contribution >= 4 is 11.8 Å². The number of alkyl halides is 3. The number of carbonyl (C=O) groups is 2. The van der Waals surface area contributed by atoms with Gasteiger partial charge in [0.05, 0.1) is 5.56 Å². The van der Waals surface area contributed by atoms with Crippen LogP contribution in [-0.2, 0) is 11.6 Å². The van der Waals surface area contributed by atoms with E-state index in [0.29, 0.717) is 0 Å². The van der Waals surface area contributed by atoms with E-state index in [1.165, 1.54) is 25.1 Å². The average molecular weight is 380 g/mol. The molecule has 0 fully saturated rings. The smallest absolute Gasteiger partial charge is 0.417 e. The van der Waals surface area contributed by atoms with Crippen LogP contribution in [0.3, 0.4) is 0 Å². The Morgan fingerprint density at radius 3 is 2.00 bits per heavy atom. The number of ketones is 1. The Balaban J connectivity index is 2.83. The topological polar surface area (TPSA) is 74.6 Å². The molecule has 0 aromatic heterocycles. The van der Waals surface area contributed by atoms with Crippen LogP contribution in [0.15, 0.2) is 30.3 Å². The fourth-order valence-electron chi connectivity index (χ4n) is 2.91. The lowest BCUT2D eigenvalue weighted by Gasteiger charge is -2.24. The number of phenols is 1. The summed E-state index contributed by atoms with van der Waals surface area (Å²) >= 11 is 0. The largest absolute Gasteiger partial charge is 0.507 e. The minimum absolute atomic E-state index is 0.0880. The second-order valence-corrected chi connectivity index (χ2v) is 7.25. The van der Waals surface area contributed by atoms with Crippen molar-refractivity contribution in [3.8, 4) is 5.75 Å². The summed E-state index contributed by atoms with van der Waals surface area (Å²) in [6, 6.07) is 5.60. The number of carboxylic acid groups (broad SMARTS) is 1. The van der Waals surface area contributed by atoms with Gasteiger partial charge in [-0.2, -0.15) is 13.2 Å². The van der Waals surface area contributed by atoms with Crippen LogP contribution in [0.25, 0.3) is 0 Å². The van der Waals surface area contributed by atoms with Crippen molar-refractivity contribution in [3.63, 3.8) is 0 Å². The number of rotatable bonds is 3. The van der Waals surface area contributed by atoms with Gasteiger partial charge in [-0.25, -0.2) is 4.79 Å². The van der Waals surface area contributed by atoms with Crippen LogP contribution >= 0.6 is 0 Å². The Morgan fingerprint density at radius 1 is 0.963 bits per heavy atom. The van der Waals surface area contributed by atoms with E-state index in [-0.39, 0.29) is 16.7 Å². The predicted octanol–water partition coefficient (Wildman–Crippen LogP) is 4.95. The van der Waals surface area contributed by atoms with Crippen LogP contribution in [0, 0.1) is 6.92 Å². The van der Waals surface area contributed by atoms with E-state index in [4.69, 9.17) is 0 Å². The molecular weight excluding hydrogens is 361 g/mol. The number of halogens is 3. The first-order valence-corrected chi connectivity index (χ1v) is 8.08. The highest BCUT2D eigenvalue weighted by molar-refractivity contribution is 6.12. The molecule has 0 amide bonds. The molecule has 0 saturated carbocycles. The average Bonchev–Trinajstić information content (AvgIpc) is 2.52. The fourth-order valence-corrected chi connectivity index (χ4v) is 2.91. The Hall–Kier alpha value is -2.83. The molecule has 0 heterocycles. The number of benzene rings is 2. The van der Waals surface area contributed by atoms with Crippen LogP contribution in [-0.4, -0.2) is 22.0 Å². The summed E-state index contributed by atoms with van der Waals surface area (Å²) in [5, 5.41) is 19.8. The van der Waals surface area contributed by atoms with E-state index in [1.54, 1.807) is 20.8 Å². The van der Waals surface area contributed by atoms with Gasteiger partial charge in [-0.15, -0.1) is 0 Å². The molecule has 4 nitrogen and oxygen atoms in total. The fraction of sp³-hybridized carbons (Fsp3) is 0.300. The highest BCUT2D eigenvalue weighted by atomic mass is 19.4. The standard InChI is InChI=1S/C20H19F3O4/c1-10-12(9-14(19(2,3)4)17(25)15(10)18(26)27)16(24)11-7-5-6-8-13(11)20(21,22)23/h5-9,25H,1-4H3,(H,26,27). The summed E-state index contributed by atoms with van der Waals surface area (Å²) < 4.78 is 39.8. The maximum Gasteiger partial charge on any atom is 0.417 e. The highest BCUT2D eigenvalue weighted by Crippen LogP contribution is 2.39. The molecule has 0 atom stereocenters. The Kier molecular flexibility index (Phi) is 5.10. The molecule has 0 saturated heterocycles. The summed E-state index contributed by atoms with van der Waals surface area (Å²) in [5.74, 6) is -2.91. The minimum Gasteiger partial charge on any atom is -0.507 e. The normalized spacial score (nSPS) is 12.1. The van der Waals surface area contributed by atoms with Gasteiger partial charge < -0.3 is 10.2 Å². The molecule has 0 bridgehead atoms. The van der Waals surface area contributed by atoms with Crippen molar-refractivity contribution in [3.05, 3.63) is 63.7 Å². The van der Waals surface area contributed by atoms with Crippen LogP contribution in [0.4, 0.5) is 13.2 Å². The zero-order valence-corrected chi connectivity index (χ0v) is 15.2. The first kappa shape index (κ1) is 20.5. The van der Waals surface area contributed by atoms with Gasteiger partial charge in [-0.05, 0) is 30.0 Å². The highest BCUT2D eigenvalue weighted by Gasteiger charge is 2.36. The van der Waals surface area contributed by atoms with E-state index in [2.05, 4.69) is 0 Å². The molecule has 144 valence electrons. The van der Waals surface area contributed by atoms with Crippen molar-refractivity contribution in [2.24, 2.45) is 0 Å². The summed E-state index contributed by atoms with van der Waals surface area (Å²) in [5.41, 5.74) is -3.01. The molecule has 2 aromatic rings. The van der Waals surface area contributed by atoms with E-state index in [9.17, 15) is 33.0 Å². The lowest BCUT2D eigenvalue weighted by Crippen LogP contribution is -2.19. The first-order valence-electron chi connectivity index (χ1n) is 8.08. The second kappa shape index (κ2) is 6.72. The summed E-state index contributed by atoms with van der Waals surface area (Å²) in [4.78, 5) is 24.5. The SMILES string of the molecule is Cc1c(C(=O)c2ccccc2C(F)(F)F)cc(C(C)(C)C)c(O)c1C(=O)O. The molecule has 0 aliphatic rings. The van der Waals surface area contributed by atoms with Gasteiger partial charge in [-0.1, -0.05) is 39.0 Å². The number of hydrogen-bond donors (Lipinski definition) is 2. The molecule has 0 aliphatic heterocycles. The van der Waals surface area contributed by atoms with Crippen molar-refractivity contribution in [2.75, 3.05) is 0 Å². The van der Waals surface area contributed by atoms with Crippen LogP contribution < -0.4 is 0 Å². The third kappa shape index (κ3) is 3.82. The van der Waals surface area contributed by atoms with Crippen molar-refractivity contribution in [1.29, 1.82) is 0 Å². The molecule has 2 N–H and O–H groups in total. The van der Waals surface area contributed by atoms with E-state index in [1.807, 2.05) is 0 Å². The minimum atomic E-state index is -4.74. The van der Waals surface area contributed by atoms with Gasteiger partial charge in [0.1, 0.15) is 11.3 Å². The lowest BCUT2D eigenvalue weighted by atomic mass is 9.81. The maximum atomic E-state index is 13.3. The Morgan fingerprint density at radius 2 is 1.52 bits per heavy atom. The van der Waals surface area contributed by atoms with Gasteiger partial charge in [0, 0.05) is 16.7 Å². The number of carbonyl (C=O) groups excluding carboxylic acids is 1. The number of hydrogen-bond acceptors (Lipinski definition) is 3. The van der Waals surface area contributed by atoms with E-state index < -0.39 is 45.8 Å². The first-order chi connectivity index (χ1) is 12.3. The molecule has 0 unspecified atom stereocenters. The van der Waals surface area contributed by atoms with Crippen LogP contribution in [0.2, 0.25) is 0 Å². The number of carboxylic acids is 1. The third-order valence-corrected chi connectivity index (χ3v) is 4.30. The van der Waals surface area contributed by atoms with Gasteiger partial charge in [0.25, 0.3) is 0 Å². The van der Waals surface area contributed by atoms with E-state index in [0.717, 1.165) is 12.1 Å². The Bertz CT molecular complexity index is 922. The van der Waals surface area contributed by atoms with Crippen molar-refractivity contribution < 1.29 is 33.0 Å². The summed E-state index contributed by atoms with van der Waals surface area (Å²) in [7, 11) is 0. The second-order valence-electron chi connectivity index (χ2n) is 7.25. The quantitative estimate of drug-likeness (QED) is 0.739. The van der Waals surface area contributed by atoms with Crippen molar-refractivity contribution in [2.45, 2.75) is 39.3 Å². The number of aromatic carboxylic acids is 1. The molecule has 0 aliphatic carbocycles.